The molecule has 25 heavy (non-hydrogen) atoms. The zero-order chi connectivity index (χ0) is 18.5. The molecule has 2 aromatic rings. The second-order valence-electron chi connectivity index (χ2n) is 6.38. The molecule has 6 nitrogen and oxygen atoms in total. The number of carboxylic acid groups (broad SMARTS) is 1. The Balaban J connectivity index is 2.35. The van der Waals surface area contributed by atoms with Crippen LogP contribution in [0.1, 0.15) is 30.6 Å². The normalized spacial score (nSPS) is 20.4. The number of nitrogens with two attached hydrogens (primary N) is 1. The predicted molar refractivity (Wildman–Crippen MR) is 90.2 cm³/mol. The maximum absolute atomic E-state index is 15.2. The molecule has 8 heteroatoms. The van der Waals surface area contributed by atoms with Crippen LogP contribution in [0.15, 0.2) is 17.1 Å². The van der Waals surface area contributed by atoms with Crippen LogP contribution in [0.2, 0.25) is 0 Å². The van der Waals surface area contributed by atoms with Crippen molar-refractivity contribution in [2.75, 3.05) is 11.4 Å². The second kappa shape index (κ2) is 6.11. The molecule has 0 radical (unpaired) electrons. The summed E-state index contributed by atoms with van der Waals surface area (Å²) < 4.78 is 31.2. The lowest BCUT2D eigenvalue weighted by molar-refractivity contribution is 0.0695. The summed E-state index contributed by atoms with van der Waals surface area (Å²) in [6.45, 7) is 4.06. The summed E-state index contributed by atoms with van der Waals surface area (Å²) in [5.41, 5.74) is 4.16. The van der Waals surface area contributed by atoms with E-state index in [1.54, 1.807) is 11.8 Å². The van der Waals surface area contributed by atoms with Crippen molar-refractivity contribution >= 4 is 22.6 Å². The van der Waals surface area contributed by atoms with Crippen LogP contribution >= 0.6 is 0 Å². The van der Waals surface area contributed by atoms with Gasteiger partial charge in [0.2, 0.25) is 5.43 Å². The molecular formula is C17H19F2N3O3. The highest BCUT2D eigenvalue weighted by Gasteiger charge is 2.32. The smallest absolute Gasteiger partial charge is 0.341 e. The van der Waals surface area contributed by atoms with Crippen molar-refractivity contribution in [2.24, 2.45) is 5.73 Å². The second-order valence-corrected chi connectivity index (χ2v) is 6.38. The number of carbonyl (C=O) groups is 1. The first-order valence-corrected chi connectivity index (χ1v) is 8.06. The Morgan fingerprint density at radius 3 is 2.64 bits per heavy atom. The van der Waals surface area contributed by atoms with Crippen LogP contribution in [0.3, 0.4) is 0 Å². The highest BCUT2D eigenvalue weighted by atomic mass is 19.1. The van der Waals surface area contributed by atoms with Crippen molar-refractivity contribution in [3.63, 3.8) is 0 Å². The van der Waals surface area contributed by atoms with E-state index < -0.39 is 28.6 Å². The fourth-order valence-electron chi connectivity index (χ4n) is 3.53. The maximum atomic E-state index is 15.2. The van der Waals surface area contributed by atoms with E-state index in [9.17, 15) is 14.0 Å². The number of carboxylic acids is 1. The summed E-state index contributed by atoms with van der Waals surface area (Å²) in [7, 11) is 0. The van der Waals surface area contributed by atoms with E-state index in [0.717, 1.165) is 12.3 Å². The molecule has 3 rings (SSSR count). The minimum atomic E-state index is -1.43. The monoisotopic (exact) mass is 351 g/mol. The molecule has 1 aromatic heterocycles. The minimum Gasteiger partial charge on any atom is -0.477 e. The quantitative estimate of drug-likeness (QED) is 0.882. The number of nitrogens with zero attached hydrogens (tertiary/aromatic N) is 2. The van der Waals surface area contributed by atoms with Gasteiger partial charge in [0.05, 0.1) is 10.9 Å². The fourth-order valence-corrected chi connectivity index (χ4v) is 3.53. The molecule has 1 fully saturated rings. The average molecular weight is 351 g/mol. The van der Waals surface area contributed by atoms with Crippen molar-refractivity contribution in [3.8, 4) is 0 Å². The zero-order valence-corrected chi connectivity index (χ0v) is 13.9. The number of rotatable bonds is 3. The molecule has 1 aliphatic heterocycles. The molecule has 3 N–H and O–H groups in total. The molecule has 1 saturated heterocycles. The molecule has 0 spiro atoms. The lowest BCUT2D eigenvalue weighted by Gasteiger charge is -2.26. The molecule has 2 atom stereocenters. The maximum Gasteiger partial charge on any atom is 0.341 e. The van der Waals surface area contributed by atoms with Gasteiger partial charge in [-0.2, -0.15) is 0 Å². The van der Waals surface area contributed by atoms with E-state index in [0.29, 0.717) is 13.0 Å². The molecule has 134 valence electrons. The zero-order valence-electron chi connectivity index (χ0n) is 13.9. The largest absolute Gasteiger partial charge is 0.477 e. The molecule has 2 unspecified atom stereocenters. The van der Waals surface area contributed by atoms with Gasteiger partial charge in [0.25, 0.3) is 0 Å². The van der Waals surface area contributed by atoms with Crippen LogP contribution in [0.5, 0.6) is 0 Å². The number of hydrogen-bond donors (Lipinski definition) is 2. The van der Waals surface area contributed by atoms with Crippen molar-refractivity contribution < 1.29 is 18.7 Å². The Morgan fingerprint density at radius 1 is 1.44 bits per heavy atom. The Hall–Kier alpha value is -2.48. The van der Waals surface area contributed by atoms with Gasteiger partial charge in [-0.1, -0.05) is 0 Å². The van der Waals surface area contributed by atoms with Gasteiger partial charge >= 0.3 is 5.97 Å². The van der Waals surface area contributed by atoms with Crippen LogP contribution in [0.4, 0.5) is 14.5 Å². The third-order valence-electron chi connectivity index (χ3n) is 4.70. The Labute approximate surface area is 142 Å². The molecular weight excluding hydrogens is 332 g/mol. The Bertz CT molecular complexity index is 926. The number of benzene rings is 1. The van der Waals surface area contributed by atoms with Gasteiger partial charge < -0.3 is 20.3 Å². The number of aryl methyl sites for hydroxylation is 1. The molecule has 2 heterocycles. The third-order valence-corrected chi connectivity index (χ3v) is 4.70. The van der Waals surface area contributed by atoms with Crippen LogP contribution in [-0.4, -0.2) is 34.3 Å². The van der Waals surface area contributed by atoms with Crippen LogP contribution in [-0.2, 0) is 6.54 Å². The Kier molecular flexibility index (Phi) is 4.24. The fraction of sp³-hybridized carbons (Fsp3) is 0.412. The topological polar surface area (TPSA) is 88.6 Å². The third kappa shape index (κ3) is 2.66. The first-order valence-electron chi connectivity index (χ1n) is 8.06. The summed E-state index contributed by atoms with van der Waals surface area (Å²) in [5.74, 6) is -3.20. The number of fused-ring (bicyclic) bond motifs is 1. The predicted octanol–water partition coefficient (Wildman–Crippen LogP) is 1.92. The molecule has 0 amide bonds. The van der Waals surface area contributed by atoms with E-state index >= 15 is 4.39 Å². The van der Waals surface area contributed by atoms with Gasteiger partial charge in [-0.25, -0.2) is 13.6 Å². The standard InChI is InChI=1S/C17H19F2N3O3/c1-3-21-7-11(17(24)25)16(23)10-5-12(18)15(13(19)14(10)21)22-6-9(20)4-8(22)2/h5,7-9H,3-4,6,20H2,1-2H3,(H,24,25). The van der Waals surface area contributed by atoms with Crippen molar-refractivity contribution in [3.05, 3.63) is 39.7 Å². The Morgan fingerprint density at radius 2 is 2.12 bits per heavy atom. The van der Waals surface area contributed by atoms with Crippen LogP contribution in [0, 0.1) is 11.6 Å². The van der Waals surface area contributed by atoms with Crippen molar-refractivity contribution in [1.29, 1.82) is 0 Å². The molecule has 0 aliphatic carbocycles. The number of halogens is 2. The van der Waals surface area contributed by atoms with Gasteiger partial charge in [-0.15, -0.1) is 0 Å². The number of aromatic nitrogens is 1. The summed E-state index contributed by atoms with van der Waals surface area (Å²) >= 11 is 0. The highest BCUT2D eigenvalue weighted by Crippen LogP contribution is 2.34. The van der Waals surface area contributed by atoms with E-state index in [2.05, 4.69) is 0 Å². The van der Waals surface area contributed by atoms with Gasteiger partial charge in [0, 0.05) is 31.4 Å². The molecule has 0 saturated carbocycles. The number of pyridine rings is 1. The van der Waals surface area contributed by atoms with E-state index in [4.69, 9.17) is 10.8 Å². The highest BCUT2D eigenvalue weighted by molar-refractivity contribution is 5.93. The van der Waals surface area contributed by atoms with Crippen LogP contribution in [0.25, 0.3) is 10.9 Å². The molecule has 1 aromatic carbocycles. The van der Waals surface area contributed by atoms with Gasteiger partial charge in [-0.05, 0) is 26.3 Å². The van der Waals surface area contributed by atoms with Gasteiger partial charge in [-0.3, -0.25) is 4.79 Å². The first-order chi connectivity index (χ1) is 11.8. The van der Waals surface area contributed by atoms with Gasteiger partial charge in [0.1, 0.15) is 17.1 Å². The average Bonchev–Trinajstić information content (AvgIpc) is 2.86. The van der Waals surface area contributed by atoms with E-state index in [1.807, 2.05) is 6.92 Å². The number of hydrogen-bond acceptors (Lipinski definition) is 4. The first kappa shape index (κ1) is 17.3. The molecule has 0 bridgehead atoms. The SMILES string of the molecule is CCn1cc(C(=O)O)c(=O)c2cc(F)c(N3CC(N)CC3C)c(F)c21. The summed E-state index contributed by atoms with van der Waals surface area (Å²) in [4.78, 5) is 25.1. The summed E-state index contributed by atoms with van der Waals surface area (Å²) in [5, 5.41) is 8.87. The lowest BCUT2D eigenvalue weighted by atomic mass is 10.1. The number of anilines is 1. The van der Waals surface area contributed by atoms with E-state index in [1.165, 1.54) is 4.57 Å². The van der Waals surface area contributed by atoms with Crippen molar-refractivity contribution in [2.45, 2.75) is 38.9 Å². The summed E-state index contributed by atoms with van der Waals surface area (Å²) in [6.07, 6.45) is 1.70. The minimum absolute atomic E-state index is 0.0958. The van der Waals surface area contributed by atoms with E-state index in [-0.39, 0.29) is 35.2 Å². The van der Waals surface area contributed by atoms with Crippen LogP contribution < -0.4 is 16.1 Å². The van der Waals surface area contributed by atoms with Gasteiger partial charge in [0.15, 0.2) is 5.82 Å². The van der Waals surface area contributed by atoms with Crippen molar-refractivity contribution in [1.82, 2.24) is 4.57 Å². The summed E-state index contributed by atoms with van der Waals surface area (Å²) in [6, 6.07) is 0.592. The lowest BCUT2D eigenvalue weighted by Crippen LogP contribution is -2.31. The molecule has 1 aliphatic rings. The number of aromatic carboxylic acids is 1.